The van der Waals surface area contributed by atoms with E-state index in [4.69, 9.17) is 4.74 Å². The highest BCUT2D eigenvalue weighted by atomic mass is 35.5. The van der Waals surface area contributed by atoms with Crippen LogP contribution in [0.4, 0.5) is 0 Å². The lowest BCUT2D eigenvalue weighted by molar-refractivity contribution is -0.137. The van der Waals surface area contributed by atoms with Gasteiger partial charge in [0.15, 0.2) is 0 Å². The molecule has 0 aliphatic carbocycles. The molecule has 1 fully saturated rings. The number of rotatable bonds is 1. The van der Waals surface area contributed by atoms with Gasteiger partial charge in [0.1, 0.15) is 6.04 Å². The summed E-state index contributed by atoms with van der Waals surface area (Å²) in [6, 6.07) is -0.224. The Kier molecular flexibility index (Phi) is 5.28. The summed E-state index contributed by atoms with van der Waals surface area (Å²) in [6.45, 7) is 3.15. The quantitative estimate of drug-likeness (QED) is 0.698. The van der Waals surface area contributed by atoms with Crippen LogP contribution in [0.15, 0.2) is 17.3 Å². The second-order valence-corrected chi connectivity index (χ2v) is 3.53. The number of nitrogens with one attached hydrogen (secondary N) is 1. The Hall–Kier alpha value is -1.07. The highest BCUT2D eigenvalue weighted by Gasteiger charge is 2.24. The van der Waals surface area contributed by atoms with Gasteiger partial charge in [0.25, 0.3) is 0 Å². The van der Waals surface area contributed by atoms with Crippen LogP contribution >= 0.6 is 12.4 Å². The molecule has 0 aromatic carbocycles. The molecule has 5 nitrogen and oxygen atoms in total. The van der Waals surface area contributed by atoms with Gasteiger partial charge in [-0.15, -0.1) is 12.4 Å². The summed E-state index contributed by atoms with van der Waals surface area (Å²) >= 11 is 0. The van der Waals surface area contributed by atoms with Gasteiger partial charge in [-0.3, -0.25) is 9.79 Å². The zero-order valence-electron chi connectivity index (χ0n) is 8.96. The van der Waals surface area contributed by atoms with Crippen molar-refractivity contribution in [2.24, 2.45) is 4.99 Å². The Morgan fingerprint density at radius 3 is 2.94 bits per heavy atom. The van der Waals surface area contributed by atoms with Crippen LogP contribution in [-0.2, 0) is 9.53 Å². The number of hydrogen-bond donors (Lipinski definition) is 1. The van der Waals surface area contributed by atoms with Crippen LogP contribution < -0.4 is 5.32 Å². The van der Waals surface area contributed by atoms with Gasteiger partial charge < -0.3 is 15.0 Å². The van der Waals surface area contributed by atoms with Crippen LogP contribution in [-0.4, -0.2) is 55.9 Å². The lowest BCUT2D eigenvalue weighted by Gasteiger charge is -2.29. The minimum Gasteiger partial charge on any atom is -0.378 e. The number of allylic oxidation sites excluding steroid dienone is 1. The van der Waals surface area contributed by atoms with Crippen LogP contribution in [0.5, 0.6) is 0 Å². The van der Waals surface area contributed by atoms with E-state index in [-0.39, 0.29) is 24.4 Å². The first-order chi connectivity index (χ1) is 7.38. The van der Waals surface area contributed by atoms with E-state index in [9.17, 15) is 4.79 Å². The summed E-state index contributed by atoms with van der Waals surface area (Å²) in [5.41, 5.74) is 0. The van der Waals surface area contributed by atoms with E-state index in [1.54, 1.807) is 18.5 Å². The molecule has 6 heteroatoms. The largest absolute Gasteiger partial charge is 0.378 e. The number of halogens is 1. The summed E-state index contributed by atoms with van der Waals surface area (Å²) in [4.78, 5) is 18.0. The molecule has 2 rings (SSSR count). The SMILES string of the molecule is Cl.O=C(C1CN=CC=CN1)N1CCOCC1. The van der Waals surface area contributed by atoms with Crippen molar-refractivity contribution in [1.29, 1.82) is 0 Å². The number of carbonyl (C=O) groups is 1. The maximum Gasteiger partial charge on any atom is 0.247 e. The smallest absolute Gasteiger partial charge is 0.247 e. The Balaban J connectivity index is 0.00000128. The van der Waals surface area contributed by atoms with Gasteiger partial charge in [-0.2, -0.15) is 0 Å². The van der Waals surface area contributed by atoms with Gasteiger partial charge in [-0.25, -0.2) is 0 Å². The van der Waals surface area contributed by atoms with Crippen molar-refractivity contribution in [2.75, 3.05) is 32.8 Å². The minimum absolute atomic E-state index is 0. The number of nitrogens with zero attached hydrogens (tertiary/aromatic N) is 2. The second kappa shape index (κ2) is 6.50. The topological polar surface area (TPSA) is 53.9 Å². The molecular formula is C10H16ClN3O2. The zero-order valence-corrected chi connectivity index (χ0v) is 9.78. The summed E-state index contributed by atoms with van der Waals surface area (Å²) in [6.07, 6.45) is 5.27. The molecular weight excluding hydrogens is 230 g/mol. The minimum atomic E-state index is -0.224. The Labute approximate surface area is 101 Å². The number of aliphatic imine (C=N–C) groups is 1. The van der Waals surface area contributed by atoms with Crippen LogP contribution in [0.25, 0.3) is 0 Å². The molecule has 0 radical (unpaired) electrons. The maximum atomic E-state index is 12.0. The second-order valence-electron chi connectivity index (χ2n) is 3.53. The first-order valence-corrected chi connectivity index (χ1v) is 5.15. The van der Waals surface area contributed by atoms with Crippen molar-refractivity contribution >= 4 is 24.5 Å². The Morgan fingerprint density at radius 2 is 2.19 bits per heavy atom. The van der Waals surface area contributed by atoms with E-state index in [1.807, 2.05) is 4.90 Å². The van der Waals surface area contributed by atoms with Crippen molar-refractivity contribution in [3.63, 3.8) is 0 Å². The first kappa shape index (κ1) is 13.0. The summed E-state index contributed by atoms with van der Waals surface area (Å²) < 4.78 is 5.20. The van der Waals surface area contributed by atoms with Gasteiger partial charge in [0.05, 0.1) is 19.8 Å². The molecule has 16 heavy (non-hydrogen) atoms. The van der Waals surface area contributed by atoms with Crippen LogP contribution in [0.2, 0.25) is 0 Å². The van der Waals surface area contributed by atoms with Gasteiger partial charge in [0.2, 0.25) is 5.91 Å². The molecule has 0 saturated carbocycles. The lowest BCUT2D eigenvalue weighted by atomic mass is 10.2. The van der Waals surface area contributed by atoms with E-state index >= 15 is 0 Å². The number of ether oxygens (including phenoxy) is 1. The number of hydrogen-bond acceptors (Lipinski definition) is 4. The third-order valence-electron chi connectivity index (χ3n) is 2.49. The third kappa shape index (κ3) is 3.21. The molecule has 2 aliphatic heterocycles. The van der Waals surface area contributed by atoms with Crippen molar-refractivity contribution < 1.29 is 9.53 Å². The molecule has 90 valence electrons. The van der Waals surface area contributed by atoms with Crippen LogP contribution in [0.3, 0.4) is 0 Å². The van der Waals surface area contributed by atoms with E-state index in [2.05, 4.69) is 10.3 Å². The van der Waals surface area contributed by atoms with Gasteiger partial charge in [0, 0.05) is 19.3 Å². The molecule has 0 aromatic heterocycles. The average Bonchev–Trinajstić information content (AvgIpc) is 2.58. The molecule has 1 saturated heterocycles. The number of carbonyl (C=O) groups excluding carboxylic acids is 1. The average molecular weight is 246 g/mol. The van der Waals surface area contributed by atoms with Gasteiger partial charge in [-0.1, -0.05) is 0 Å². The van der Waals surface area contributed by atoms with Crippen molar-refractivity contribution in [1.82, 2.24) is 10.2 Å². The fourth-order valence-corrected chi connectivity index (χ4v) is 1.65. The molecule has 0 spiro atoms. The summed E-state index contributed by atoms with van der Waals surface area (Å²) in [5.74, 6) is 0.113. The lowest BCUT2D eigenvalue weighted by Crippen LogP contribution is -2.50. The van der Waals surface area contributed by atoms with E-state index in [1.165, 1.54) is 0 Å². The molecule has 0 aromatic rings. The summed E-state index contributed by atoms with van der Waals surface area (Å²) in [7, 11) is 0. The molecule has 2 heterocycles. The van der Waals surface area contributed by atoms with Crippen LogP contribution in [0.1, 0.15) is 0 Å². The molecule has 1 atom stereocenters. The molecule has 1 N–H and O–H groups in total. The molecule has 2 aliphatic rings. The summed E-state index contributed by atoms with van der Waals surface area (Å²) in [5, 5.41) is 3.04. The Bertz CT molecular complexity index is 274. The highest BCUT2D eigenvalue weighted by Crippen LogP contribution is 2.02. The normalized spacial score (nSPS) is 24.2. The van der Waals surface area contributed by atoms with Crippen molar-refractivity contribution in [2.45, 2.75) is 6.04 Å². The third-order valence-corrected chi connectivity index (χ3v) is 2.49. The first-order valence-electron chi connectivity index (χ1n) is 5.15. The monoisotopic (exact) mass is 245 g/mol. The Morgan fingerprint density at radius 1 is 1.44 bits per heavy atom. The van der Waals surface area contributed by atoms with Gasteiger partial charge in [-0.05, 0) is 12.3 Å². The number of amides is 1. The highest BCUT2D eigenvalue weighted by molar-refractivity contribution is 5.85. The molecule has 0 bridgehead atoms. The maximum absolute atomic E-state index is 12.0. The molecule has 1 unspecified atom stereocenters. The van der Waals surface area contributed by atoms with E-state index in [0.29, 0.717) is 32.8 Å². The standard InChI is InChI=1S/C10H15N3O2.ClH/c14-10(13-4-6-15-7-5-13)9-8-11-2-1-3-12-9;/h1-3,9,12H,4-8H2;1H. The van der Waals surface area contributed by atoms with Crippen LogP contribution in [0, 0.1) is 0 Å². The molecule has 1 amide bonds. The van der Waals surface area contributed by atoms with Gasteiger partial charge >= 0.3 is 0 Å². The predicted octanol–water partition coefficient (Wildman–Crippen LogP) is -0.177. The number of morpholine rings is 1. The fourth-order valence-electron chi connectivity index (χ4n) is 1.65. The zero-order chi connectivity index (χ0) is 10.5. The van der Waals surface area contributed by atoms with Crippen molar-refractivity contribution in [3.05, 3.63) is 12.3 Å². The van der Waals surface area contributed by atoms with E-state index < -0.39 is 0 Å². The fraction of sp³-hybridized carbons (Fsp3) is 0.600. The predicted molar refractivity (Wildman–Crippen MR) is 64.1 cm³/mol. The van der Waals surface area contributed by atoms with Crippen molar-refractivity contribution in [3.8, 4) is 0 Å². The van der Waals surface area contributed by atoms with E-state index in [0.717, 1.165) is 0 Å².